The van der Waals surface area contributed by atoms with Crippen LogP contribution in [0.3, 0.4) is 0 Å². The second-order valence-electron chi connectivity index (χ2n) is 3.83. The number of aliphatic hydroxyl groups excluding tert-OH is 1. The van der Waals surface area contributed by atoms with Crippen LogP contribution >= 0.6 is 11.8 Å². The molecule has 2 N–H and O–H groups in total. The summed E-state index contributed by atoms with van der Waals surface area (Å²) in [7, 11) is -3.19. The van der Waals surface area contributed by atoms with Gasteiger partial charge in [-0.3, -0.25) is 0 Å². The first-order valence-electron chi connectivity index (χ1n) is 5.22. The molecule has 0 aromatic heterocycles. The summed E-state index contributed by atoms with van der Waals surface area (Å²) >= 11 is 1.73. The Balaban J connectivity index is 2.45. The molecule has 0 spiro atoms. The maximum absolute atomic E-state index is 11.6. The van der Waals surface area contributed by atoms with E-state index in [1.807, 2.05) is 6.26 Å². The van der Waals surface area contributed by atoms with Crippen LogP contribution in [0.4, 0.5) is 0 Å². The summed E-state index contributed by atoms with van der Waals surface area (Å²) in [6, 6.07) is 0.0868. The Morgan fingerprint density at radius 2 is 2.20 bits per heavy atom. The van der Waals surface area contributed by atoms with E-state index in [1.54, 1.807) is 11.8 Å². The zero-order valence-corrected chi connectivity index (χ0v) is 10.6. The summed E-state index contributed by atoms with van der Waals surface area (Å²) < 4.78 is 25.9. The van der Waals surface area contributed by atoms with Crippen LogP contribution in [0, 0.1) is 0 Å². The lowest BCUT2D eigenvalue weighted by atomic mass is 10.3. The Morgan fingerprint density at radius 3 is 2.80 bits per heavy atom. The topological polar surface area (TPSA) is 66.4 Å². The summed E-state index contributed by atoms with van der Waals surface area (Å²) in [5, 5.41) is 9.00. The summed E-state index contributed by atoms with van der Waals surface area (Å²) in [5.41, 5.74) is 0. The molecule has 0 bridgehead atoms. The average molecular weight is 253 g/mol. The molecule has 6 heteroatoms. The predicted octanol–water partition coefficient (Wildman–Crippen LogP) is 0.572. The first kappa shape index (κ1) is 13.3. The summed E-state index contributed by atoms with van der Waals surface area (Å²) in [5.74, 6) is 0.0289. The fourth-order valence-corrected chi connectivity index (χ4v) is 4.28. The van der Waals surface area contributed by atoms with Crippen molar-refractivity contribution in [3.63, 3.8) is 0 Å². The van der Waals surface area contributed by atoms with Gasteiger partial charge >= 0.3 is 0 Å². The molecule has 0 amide bonds. The van der Waals surface area contributed by atoms with Crippen molar-refractivity contribution >= 4 is 21.8 Å². The van der Waals surface area contributed by atoms with E-state index in [0.29, 0.717) is 11.7 Å². The van der Waals surface area contributed by atoms with Gasteiger partial charge in [0, 0.05) is 17.9 Å². The molecular weight excluding hydrogens is 234 g/mol. The molecule has 2 unspecified atom stereocenters. The van der Waals surface area contributed by atoms with E-state index in [1.165, 1.54) is 0 Å². The minimum atomic E-state index is -3.19. The highest BCUT2D eigenvalue weighted by Crippen LogP contribution is 2.28. The largest absolute Gasteiger partial charge is 0.396 e. The normalized spacial score (nSPS) is 27.1. The first-order chi connectivity index (χ1) is 7.09. The molecule has 2 atom stereocenters. The highest BCUT2D eigenvalue weighted by atomic mass is 32.2. The minimum absolute atomic E-state index is 0.0289. The lowest BCUT2D eigenvalue weighted by Crippen LogP contribution is -2.39. The number of hydrogen-bond donors (Lipinski definition) is 2. The molecule has 0 aliphatic heterocycles. The van der Waals surface area contributed by atoms with Crippen LogP contribution in [0.15, 0.2) is 0 Å². The van der Waals surface area contributed by atoms with Crippen LogP contribution in [0.2, 0.25) is 0 Å². The monoisotopic (exact) mass is 253 g/mol. The van der Waals surface area contributed by atoms with Crippen molar-refractivity contribution in [3.8, 4) is 0 Å². The van der Waals surface area contributed by atoms with Crippen molar-refractivity contribution < 1.29 is 13.5 Å². The minimum Gasteiger partial charge on any atom is -0.396 e. The van der Waals surface area contributed by atoms with Gasteiger partial charge in [0.1, 0.15) is 0 Å². The lowest BCUT2D eigenvalue weighted by Gasteiger charge is -2.18. The van der Waals surface area contributed by atoms with Crippen molar-refractivity contribution in [2.24, 2.45) is 0 Å². The molecule has 1 rings (SSSR count). The van der Waals surface area contributed by atoms with Gasteiger partial charge in [0.15, 0.2) is 0 Å². The third-order valence-corrected chi connectivity index (χ3v) is 5.32. The predicted molar refractivity (Wildman–Crippen MR) is 63.6 cm³/mol. The third-order valence-electron chi connectivity index (χ3n) is 2.66. The number of aliphatic hydroxyl groups is 1. The molecule has 1 aliphatic carbocycles. The van der Waals surface area contributed by atoms with E-state index < -0.39 is 10.0 Å². The van der Waals surface area contributed by atoms with E-state index in [-0.39, 0.29) is 18.4 Å². The van der Waals surface area contributed by atoms with Crippen molar-refractivity contribution in [2.45, 2.75) is 37.0 Å². The van der Waals surface area contributed by atoms with E-state index >= 15 is 0 Å². The first-order valence-corrected chi connectivity index (χ1v) is 8.16. The van der Waals surface area contributed by atoms with Gasteiger partial charge in [-0.15, -0.1) is 0 Å². The average Bonchev–Trinajstić information content (AvgIpc) is 2.61. The molecule has 1 aliphatic rings. The molecule has 0 aromatic carbocycles. The Hall–Kier alpha value is 0.220. The van der Waals surface area contributed by atoms with Crippen LogP contribution in [0.1, 0.15) is 25.7 Å². The standard InChI is InChI=1S/C9H19NO3S2/c1-14-9-5-2-4-8(9)10-15(12,13)7-3-6-11/h8-11H,2-7H2,1H3. The zero-order valence-electron chi connectivity index (χ0n) is 8.98. The van der Waals surface area contributed by atoms with E-state index in [4.69, 9.17) is 5.11 Å². The fraction of sp³-hybridized carbons (Fsp3) is 1.00. The van der Waals surface area contributed by atoms with Crippen LogP contribution in [-0.4, -0.2) is 43.4 Å². The summed E-state index contributed by atoms with van der Waals surface area (Å²) in [6.45, 7) is -0.0719. The van der Waals surface area contributed by atoms with Gasteiger partial charge in [-0.25, -0.2) is 13.1 Å². The van der Waals surface area contributed by atoms with Crippen molar-refractivity contribution in [2.75, 3.05) is 18.6 Å². The second-order valence-corrected chi connectivity index (χ2v) is 6.78. The Kier molecular flexibility index (Phi) is 5.38. The quantitative estimate of drug-likeness (QED) is 0.726. The van der Waals surface area contributed by atoms with Crippen LogP contribution in [0.25, 0.3) is 0 Å². The molecule has 4 nitrogen and oxygen atoms in total. The van der Waals surface area contributed by atoms with Gasteiger partial charge in [-0.05, 0) is 25.5 Å². The fourth-order valence-electron chi connectivity index (χ4n) is 1.89. The zero-order chi connectivity index (χ0) is 11.3. The molecule has 0 heterocycles. The second kappa shape index (κ2) is 6.08. The van der Waals surface area contributed by atoms with Crippen molar-refractivity contribution in [1.82, 2.24) is 4.72 Å². The Bertz CT molecular complexity index is 279. The molecule has 15 heavy (non-hydrogen) atoms. The molecule has 1 saturated carbocycles. The van der Waals surface area contributed by atoms with Crippen LogP contribution in [0.5, 0.6) is 0 Å². The molecule has 0 radical (unpaired) electrons. The number of sulfonamides is 1. The highest BCUT2D eigenvalue weighted by molar-refractivity contribution is 7.99. The van der Waals surface area contributed by atoms with E-state index in [2.05, 4.69) is 4.72 Å². The van der Waals surface area contributed by atoms with E-state index in [0.717, 1.165) is 19.3 Å². The third kappa shape index (κ3) is 4.30. The molecule has 90 valence electrons. The van der Waals surface area contributed by atoms with Crippen molar-refractivity contribution in [3.05, 3.63) is 0 Å². The number of hydrogen-bond acceptors (Lipinski definition) is 4. The maximum atomic E-state index is 11.6. The molecular formula is C9H19NO3S2. The lowest BCUT2D eigenvalue weighted by molar-refractivity contribution is 0.295. The maximum Gasteiger partial charge on any atom is 0.211 e. The number of thioether (sulfide) groups is 1. The van der Waals surface area contributed by atoms with Gasteiger partial charge in [0.05, 0.1) is 5.75 Å². The smallest absolute Gasteiger partial charge is 0.211 e. The highest BCUT2D eigenvalue weighted by Gasteiger charge is 2.29. The summed E-state index contributed by atoms with van der Waals surface area (Å²) in [6.07, 6.45) is 5.45. The SMILES string of the molecule is CSC1CCCC1NS(=O)(=O)CCCO. The van der Waals surface area contributed by atoms with Gasteiger partial charge in [-0.1, -0.05) is 6.42 Å². The molecule has 0 aromatic rings. The summed E-state index contributed by atoms with van der Waals surface area (Å²) in [4.78, 5) is 0. The van der Waals surface area contributed by atoms with Gasteiger partial charge in [0.2, 0.25) is 10.0 Å². The number of rotatable bonds is 6. The Labute approximate surface area is 95.9 Å². The van der Waals surface area contributed by atoms with Gasteiger partial charge in [-0.2, -0.15) is 11.8 Å². The van der Waals surface area contributed by atoms with Crippen molar-refractivity contribution in [1.29, 1.82) is 0 Å². The Morgan fingerprint density at radius 1 is 1.47 bits per heavy atom. The van der Waals surface area contributed by atoms with E-state index in [9.17, 15) is 8.42 Å². The van der Waals surface area contributed by atoms with Crippen LogP contribution < -0.4 is 4.72 Å². The molecule has 0 saturated heterocycles. The number of nitrogens with one attached hydrogen (secondary N) is 1. The van der Waals surface area contributed by atoms with Gasteiger partial charge < -0.3 is 5.11 Å². The van der Waals surface area contributed by atoms with Crippen LogP contribution in [-0.2, 0) is 10.0 Å². The molecule has 1 fully saturated rings. The van der Waals surface area contributed by atoms with Gasteiger partial charge in [0.25, 0.3) is 0 Å².